The van der Waals surface area contributed by atoms with Crippen molar-refractivity contribution in [2.24, 2.45) is 0 Å². The standard InChI is InChI=1S/2C10H12O5/c1-2-3-4-14-10(13)7-5-8(11)15-9(12)6-7;1-2-3-4-14-8(11)5-7-6-9(12)15-10(7)13/h5-6,11H,2-4H2,1H3;6H,2-5H2,1H3. The Bertz CT molecular complexity index is 849. The number of cyclic esters (lactones) is 2. The van der Waals surface area contributed by atoms with Gasteiger partial charge in [-0.3, -0.25) is 4.79 Å². The van der Waals surface area contributed by atoms with Crippen LogP contribution in [0.2, 0.25) is 0 Å². The Hall–Kier alpha value is -3.43. The lowest BCUT2D eigenvalue weighted by atomic mass is 10.2. The van der Waals surface area contributed by atoms with Gasteiger partial charge in [-0.2, -0.15) is 0 Å². The Kier molecular flexibility index (Phi) is 10.6. The first kappa shape index (κ1) is 24.6. The predicted octanol–water partition coefficient (Wildman–Crippen LogP) is 2.03. The van der Waals surface area contributed by atoms with Crippen molar-refractivity contribution >= 4 is 23.9 Å². The van der Waals surface area contributed by atoms with Crippen molar-refractivity contribution in [2.75, 3.05) is 13.2 Å². The van der Waals surface area contributed by atoms with Crippen molar-refractivity contribution in [1.29, 1.82) is 0 Å². The summed E-state index contributed by atoms with van der Waals surface area (Å²) >= 11 is 0. The number of carbonyl (C=O) groups is 4. The van der Waals surface area contributed by atoms with Crippen LogP contribution in [-0.4, -0.2) is 42.2 Å². The van der Waals surface area contributed by atoms with Crippen molar-refractivity contribution in [3.8, 4) is 5.95 Å². The molecule has 1 aromatic heterocycles. The molecule has 0 bridgehead atoms. The number of hydrogen-bond donors (Lipinski definition) is 1. The second-order valence-corrected chi connectivity index (χ2v) is 6.12. The Balaban J connectivity index is 0.000000300. The minimum Gasteiger partial charge on any atom is -0.481 e. The summed E-state index contributed by atoms with van der Waals surface area (Å²) < 4.78 is 18.2. The van der Waals surface area contributed by atoms with Crippen molar-refractivity contribution in [2.45, 2.75) is 46.0 Å². The molecule has 1 aliphatic heterocycles. The molecule has 10 heteroatoms. The molecule has 0 unspecified atom stereocenters. The lowest BCUT2D eigenvalue weighted by molar-refractivity contribution is -0.152. The smallest absolute Gasteiger partial charge is 0.342 e. The van der Waals surface area contributed by atoms with Crippen LogP contribution in [0.4, 0.5) is 0 Å². The summed E-state index contributed by atoms with van der Waals surface area (Å²) in [5, 5.41) is 8.94. The minimum absolute atomic E-state index is 0.000136. The van der Waals surface area contributed by atoms with E-state index in [1.54, 1.807) is 0 Å². The topological polar surface area (TPSA) is 146 Å². The summed E-state index contributed by atoms with van der Waals surface area (Å²) in [7, 11) is 0. The van der Waals surface area contributed by atoms with Crippen molar-refractivity contribution < 1.29 is 42.9 Å². The fraction of sp³-hybridized carbons (Fsp3) is 0.450. The molecule has 30 heavy (non-hydrogen) atoms. The molecule has 0 aromatic carbocycles. The number of aromatic hydroxyl groups is 1. The van der Waals surface area contributed by atoms with E-state index in [1.807, 2.05) is 13.8 Å². The highest BCUT2D eigenvalue weighted by atomic mass is 16.6. The quantitative estimate of drug-likeness (QED) is 0.270. The third-order valence-electron chi connectivity index (χ3n) is 3.57. The highest BCUT2D eigenvalue weighted by Crippen LogP contribution is 2.13. The Morgan fingerprint density at radius 2 is 1.63 bits per heavy atom. The Morgan fingerprint density at radius 1 is 1.00 bits per heavy atom. The van der Waals surface area contributed by atoms with Gasteiger partial charge in [0.2, 0.25) is 0 Å². The van der Waals surface area contributed by atoms with E-state index in [1.165, 1.54) is 0 Å². The van der Waals surface area contributed by atoms with Gasteiger partial charge in [-0.25, -0.2) is 19.2 Å². The molecule has 0 amide bonds. The lowest BCUT2D eigenvalue weighted by Gasteiger charge is -2.02. The molecule has 0 saturated heterocycles. The van der Waals surface area contributed by atoms with Crippen molar-refractivity contribution in [3.05, 3.63) is 39.8 Å². The fourth-order valence-electron chi connectivity index (χ4n) is 2.02. The van der Waals surface area contributed by atoms with Gasteiger partial charge in [0.05, 0.1) is 30.8 Å². The van der Waals surface area contributed by atoms with Crippen LogP contribution in [0.1, 0.15) is 56.3 Å². The highest BCUT2D eigenvalue weighted by molar-refractivity contribution is 6.10. The zero-order valence-electron chi connectivity index (χ0n) is 16.8. The van der Waals surface area contributed by atoms with Gasteiger partial charge in [0.15, 0.2) is 0 Å². The van der Waals surface area contributed by atoms with E-state index in [2.05, 4.69) is 9.15 Å². The molecule has 1 aliphatic rings. The van der Waals surface area contributed by atoms with E-state index in [0.717, 1.165) is 43.9 Å². The van der Waals surface area contributed by atoms with E-state index >= 15 is 0 Å². The predicted molar refractivity (Wildman–Crippen MR) is 101 cm³/mol. The molecule has 2 heterocycles. The first-order valence-electron chi connectivity index (χ1n) is 9.40. The third-order valence-corrected chi connectivity index (χ3v) is 3.57. The molecule has 0 atom stereocenters. The van der Waals surface area contributed by atoms with Crippen LogP contribution in [0.5, 0.6) is 5.95 Å². The highest BCUT2D eigenvalue weighted by Gasteiger charge is 2.25. The van der Waals surface area contributed by atoms with Crippen LogP contribution in [0.15, 0.2) is 33.0 Å². The maximum atomic E-state index is 11.3. The SMILES string of the molecule is CCCCOC(=O)CC1=CC(=O)OC1=O.CCCCOC(=O)c1cc(O)oc(=O)c1. The molecule has 2 rings (SSSR count). The number of unbranched alkanes of at least 4 members (excludes halogenated alkanes) is 2. The molecule has 1 N–H and O–H groups in total. The largest absolute Gasteiger partial charge is 0.481 e. The van der Waals surface area contributed by atoms with Crippen molar-refractivity contribution in [3.63, 3.8) is 0 Å². The monoisotopic (exact) mass is 424 g/mol. The van der Waals surface area contributed by atoms with Crippen LogP contribution < -0.4 is 5.63 Å². The molecule has 164 valence electrons. The van der Waals surface area contributed by atoms with E-state index < -0.39 is 35.4 Å². The number of ether oxygens (including phenoxy) is 3. The van der Waals surface area contributed by atoms with E-state index in [-0.39, 0.29) is 17.6 Å². The van der Waals surface area contributed by atoms with E-state index in [9.17, 15) is 24.0 Å². The van der Waals surface area contributed by atoms with Crippen LogP contribution in [-0.2, 0) is 28.6 Å². The van der Waals surface area contributed by atoms with Gasteiger partial charge in [-0.1, -0.05) is 26.7 Å². The first-order valence-corrected chi connectivity index (χ1v) is 9.40. The van der Waals surface area contributed by atoms with Gasteiger partial charge in [-0.15, -0.1) is 0 Å². The van der Waals surface area contributed by atoms with Crippen LogP contribution in [0, 0.1) is 0 Å². The number of rotatable bonds is 9. The van der Waals surface area contributed by atoms with Crippen LogP contribution in [0.3, 0.4) is 0 Å². The zero-order chi connectivity index (χ0) is 22.5. The lowest BCUT2D eigenvalue weighted by Crippen LogP contribution is -2.10. The first-order chi connectivity index (χ1) is 14.3. The van der Waals surface area contributed by atoms with Gasteiger partial charge in [-0.05, 0) is 12.8 Å². The summed E-state index contributed by atoms with van der Waals surface area (Å²) in [4.78, 5) is 54.8. The minimum atomic E-state index is -0.780. The van der Waals surface area contributed by atoms with E-state index in [4.69, 9.17) is 14.6 Å². The normalized spacial score (nSPS) is 12.4. The van der Waals surface area contributed by atoms with Gasteiger partial charge in [0.25, 0.3) is 5.95 Å². The summed E-state index contributed by atoms with van der Waals surface area (Å²) in [5.74, 6) is -3.22. The van der Waals surface area contributed by atoms with Gasteiger partial charge < -0.3 is 23.7 Å². The summed E-state index contributed by atoms with van der Waals surface area (Å²) in [6.07, 6.45) is 4.21. The number of hydrogen-bond acceptors (Lipinski definition) is 10. The third kappa shape index (κ3) is 9.18. The molecule has 0 spiro atoms. The second kappa shape index (κ2) is 12.9. The average Bonchev–Trinajstić information content (AvgIpc) is 2.98. The molecular formula is C20H24O10. The van der Waals surface area contributed by atoms with Gasteiger partial charge in [0, 0.05) is 18.2 Å². The molecule has 1 aromatic rings. The summed E-state index contributed by atoms with van der Waals surface area (Å²) in [6, 6.07) is 2.03. The fourth-order valence-corrected chi connectivity index (χ4v) is 2.02. The molecular weight excluding hydrogens is 400 g/mol. The molecule has 0 saturated carbocycles. The summed E-state index contributed by atoms with van der Waals surface area (Å²) in [6.45, 7) is 4.59. The maximum absolute atomic E-state index is 11.3. The zero-order valence-corrected chi connectivity index (χ0v) is 16.8. The van der Waals surface area contributed by atoms with Gasteiger partial charge in [0.1, 0.15) is 0 Å². The summed E-state index contributed by atoms with van der Waals surface area (Å²) in [5.41, 5.74) is -0.723. The van der Waals surface area contributed by atoms with Crippen LogP contribution >= 0.6 is 0 Å². The Morgan fingerprint density at radius 3 is 2.17 bits per heavy atom. The Labute approximate surface area is 172 Å². The molecule has 0 aliphatic carbocycles. The molecule has 10 nitrogen and oxygen atoms in total. The average molecular weight is 424 g/mol. The number of carbonyl (C=O) groups excluding carboxylic acids is 4. The van der Waals surface area contributed by atoms with E-state index in [0.29, 0.717) is 13.2 Å². The van der Waals surface area contributed by atoms with Gasteiger partial charge >= 0.3 is 29.5 Å². The number of esters is 4. The van der Waals surface area contributed by atoms with Crippen LogP contribution in [0.25, 0.3) is 0 Å². The van der Waals surface area contributed by atoms with Crippen molar-refractivity contribution in [1.82, 2.24) is 0 Å². The second-order valence-electron chi connectivity index (χ2n) is 6.12. The molecule has 0 radical (unpaired) electrons. The maximum Gasteiger partial charge on any atom is 0.342 e. The molecule has 0 fully saturated rings.